The fourth-order valence-corrected chi connectivity index (χ4v) is 3.78. The van der Waals surface area contributed by atoms with Gasteiger partial charge in [0.2, 0.25) is 11.8 Å². The van der Waals surface area contributed by atoms with Crippen LogP contribution in [0.2, 0.25) is 0 Å². The number of carbonyl (C=O) groups excluding carboxylic acids is 2. The van der Waals surface area contributed by atoms with Crippen LogP contribution in [0.3, 0.4) is 0 Å². The zero-order chi connectivity index (χ0) is 23.5. The van der Waals surface area contributed by atoms with Gasteiger partial charge in [-0.15, -0.1) is 0 Å². The van der Waals surface area contributed by atoms with Crippen molar-refractivity contribution in [2.24, 2.45) is 11.3 Å². The van der Waals surface area contributed by atoms with Crippen molar-refractivity contribution in [1.82, 2.24) is 10.2 Å². The highest BCUT2D eigenvalue weighted by Gasteiger charge is 2.39. The molecular weight excluding hydrogens is 394 g/mol. The van der Waals surface area contributed by atoms with Crippen LogP contribution in [-0.2, 0) is 20.8 Å². The minimum atomic E-state index is -1.01. The summed E-state index contributed by atoms with van der Waals surface area (Å²) in [5.41, 5.74) is 1.67. The number of anilines is 1. The molecule has 31 heavy (non-hydrogen) atoms. The molecule has 3 N–H and O–H groups in total. The molecule has 170 valence electrons. The number of amides is 2. The highest BCUT2D eigenvalue weighted by atomic mass is 16.4. The highest BCUT2D eigenvalue weighted by Crippen LogP contribution is 2.27. The normalized spacial score (nSPS) is 18.1. The topological polar surface area (TPSA) is 98.7 Å². The van der Waals surface area contributed by atoms with Gasteiger partial charge in [0.1, 0.15) is 12.1 Å². The molecule has 0 aromatic heterocycles. The fraction of sp³-hybridized carbons (Fsp3) is 0.542. The standard InChI is InChI=1S/C24H35N3O4/c1-14(2)19(12-15(3)23(30)31)27(7)22(29)20(24(4,5)6)26-21(28)18-13-16-10-8-9-11-17(16)25-18/h8-12,14,18-20,25H,13H2,1-7H3,(H,26,28)(H,30,31)/t18-,19+,20+/m0/s1. The van der Waals surface area contributed by atoms with Crippen molar-refractivity contribution in [2.75, 3.05) is 12.4 Å². The number of nitrogens with one attached hydrogen (secondary N) is 2. The van der Waals surface area contributed by atoms with Crippen molar-refractivity contribution in [2.45, 2.75) is 66.1 Å². The lowest BCUT2D eigenvalue weighted by Crippen LogP contribution is -2.58. The molecule has 1 aliphatic heterocycles. The molecule has 7 nitrogen and oxygen atoms in total. The summed E-state index contributed by atoms with van der Waals surface area (Å²) in [5.74, 6) is -1.48. The van der Waals surface area contributed by atoms with Crippen LogP contribution >= 0.6 is 0 Å². The molecule has 0 saturated carbocycles. The minimum absolute atomic E-state index is 0.00516. The fourth-order valence-electron chi connectivity index (χ4n) is 3.78. The van der Waals surface area contributed by atoms with E-state index in [0.717, 1.165) is 11.3 Å². The van der Waals surface area contributed by atoms with E-state index < -0.39 is 29.5 Å². The molecule has 1 aromatic rings. The van der Waals surface area contributed by atoms with Crippen molar-refractivity contribution < 1.29 is 19.5 Å². The van der Waals surface area contributed by atoms with Crippen LogP contribution in [0.1, 0.15) is 47.1 Å². The Morgan fingerprint density at radius 2 is 1.84 bits per heavy atom. The first-order valence-electron chi connectivity index (χ1n) is 10.7. The second-order valence-corrected chi connectivity index (χ2v) is 9.70. The second kappa shape index (κ2) is 9.54. The van der Waals surface area contributed by atoms with Gasteiger partial charge in [-0.1, -0.05) is 58.9 Å². The molecule has 7 heteroatoms. The maximum absolute atomic E-state index is 13.5. The number of aliphatic carboxylic acids is 1. The van der Waals surface area contributed by atoms with Gasteiger partial charge in [-0.3, -0.25) is 9.59 Å². The summed E-state index contributed by atoms with van der Waals surface area (Å²) in [6.45, 7) is 11.1. The number of benzene rings is 1. The van der Waals surface area contributed by atoms with E-state index in [1.54, 1.807) is 18.0 Å². The SMILES string of the molecule is CC(=C[C@H](C(C)C)N(C)C(=O)[C@@H](NC(=O)[C@@H]1Cc2ccccc2N1)C(C)(C)C)C(=O)O. The third kappa shape index (κ3) is 5.87. The predicted octanol–water partition coefficient (Wildman–Crippen LogP) is 3.07. The quantitative estimate of drug-likeness (QED) is 0.579. The predicted molar refractivity (Wildman–Crippen MR) is 122 cm³/mol. The molecular formula is C24H35N3O4. The number of para-hydroxylation sites is 1. The van der Waals surface area contributed by atoms with E-state index in [1.165, 1.54) is 6.92 Å². The van der Waals surface area contributed by atoms with Crippen molar-refractivity contribution in [1.29, 1.82) is 0 Å². The molecule has 1 aliphatic rings. The van der Waals surface area contributed by atoms with E-state index in [9.17, 15) is 19.5 Å². The van der Waals surface area contributed by atoms with Crippen LogP contribution in [0.5, 0.6) is 0 Å². The molecule has 0 saturated heterocycles. The van der Waals surface area contributed by atoms with Crippen molar-refractivity contribution in [3.63, 3.8) is 0 Å². The zero-order valence-corrected chi connectivity index (χ0v) is 19.5. The van der Waals surface area contributed by atoms with Gasteiger partial charge in [0.25, 0.3) is 0 Å². The van der Waals surface area contributed by atoms with Gasteiger partial charge in [0, 0.05) is 24.7 Å². The summed E-state index contributed by atoms with van der Waals surface area (Å²) in [6.07, 6.45) is 2.17. The van der Waals surface area contributed by atoms with Crippen LogP contribution in [0.25, 0.3) is 0 Å². The molecule has 2 amide bonds. The van der Waals surface area contributed by atoms with Gasteiger partial charge in [-0.2, -0.15) is 0 Å². The number of carboxylic acids is 1. The monoisotopic (exact) mass is 429 g/mol. The molecule has 0 bridgehead atoms. The number of rotatable bonds is 7. The molecule has 1 heterocycles. The van der Waals surface area contributed by atoms with Crippen molar-refractivity contribution in [3.8, 4) is 0 Å². The maximum Gasteiger partial charge on any atom is 0.331 e. The van der Waals surface area contributed by atoms with E-state index in [4.69, 9.17) is 0 Å². The first-order valence-corrected chi connectivity index (χ1v) is 10.7. The first kappa shape index (κ1) is 24.4. The van der Waals surface area contributed by atoms with Gasteiger partial charge < -0.3 is 20.6 Å². The van der Waals surface area contributed by atoms with E-state index >= 15 is 0 Å². The Kier molecular flexibility index (Phi) is 7.52. The van der Waals surface area contributed by atoms with E-state index in [0.29, 0.717) is 6.42 Å². The molecule has 0 spiro atoms. The van der Waals surface area contributed by atoms with E-state index in [2.05, 4.69) is 10.6 Å². The van der Waals surface area contributed by atoms with Crippen LogP contribution in [0, 0.1) is 11.3 Å². The van der Waals surface area contributed by atoms with E-state index in [-0.39, 0.29) is 23.3 Å². The summed E-state index contributed by atoms with van der Waals surface area (Å²) < 4.78 is 0. The smallest absolute Gasteiger partial charge is 0.331 e. The third-order valence-corrected chi connectivity index (χ3v) is 5.72. The average Bonchev–Trinajstić information content (AvgIpc) is 3.12. The lowest BCUT2D eigenvalue weighted by molar-refractivity contribution is -0.140. The highest BCUT2D eigenvalue weighted by molar-refractivity contribution is 5.93. The Morgan fingerprint density at radius 1 is 1.23 bits per heavy atom. The van der Waals surface area contributed by atoms with Crippen LogP contribution in [-0.4, -0.2) is 53.0 Å². The van der Waals surface area contributed by atoms with Crippen molar-refractivity contribution >= 4 is 23.5 Å². The molecule has 0 radical (unpaired) electrons. The third-order valence-electron chi connectivity index (χ3n) is 5.72. The molecule has 0 fully saturated rings. The maximum atomic E-state index is 13.5. The minimum Gasteiger partial charge on any atom is -0.478 e. The first-order chi connectivity index (χ1) is 14.3. The number of nitrogens with zero attached hydrogens (tertiary/aromatic N) is 1. The van der Waals surface area contributed by atoms with Crippen LogP contribution in [0.4, 0.5) is 5.69 Å². The van der Waals surface area contributed by atoms with Gasteiger partial charge in [-0.25, -0.2) is 4.79 Å². The number of hydrogen-bond acceptors (Lipinski definition) is 4. The number of likely N-dealkylation sites (N-methyl/N-ethyl adjacent to an activating group) is 1. The summed E-state index contributed by atoms with van der Waals surface area (Å²) >= 11 is 0. The summed E-state index contributed by atoms with van der Waals surface area (Å²) in [6, 6.07) is 6.19. The number of carbonyl (C=O) groups is 3. The lowest BCUT2D eigenvalue weighted by Gasteiger charge is -2.37. The summed E-state index contributed by atoms with van der Waals surface area (Å²) in [5, 5.41) is 15.4. The molecule has 3 atom stereocenters. The Bertz CT molecular complexity index is 845. The summed E-state index contributed by atoms with van der Waals surface area (Å²) in [4.78, 5) is 39.3. The molecule has 0 aliphatic carbocycles. The van der Waals surface area contributed by atoms with Gasteiger partial charge in [-0.05, 0) is 29.9 Å². The second-order valence-electron chi connectivity index (χ2n) is 9.70. The summed E-state index contributed by atoms with van der Waals surface area (Å²) in [7, 11) is 1.66. The Hall–Kier alpha value is -2.83. The zero-order valence-electron chi connectivity index (χ0n) is 19.5. The van der Waals surface area contributed by atoms with Crippen molar-refractivity contribution in [3.05, 3.63) is 41.5 Å². The van der Waals surface area contributed by atoms with Crippen LogP contribution < -0.4 is 10.6 Å². The van der Waals surface area contributed by atoms with Crippen LogP contribution in [0.15, 0.2) is 35.9 Å². The van der Waals surface area contributed by atoms with Gasteiger partial charge in [0.15, 0.2) is 0 Å². The van der Waals surface area contributed by atoms with E-state index in [1.807, 2.05) is 58.9 Å². The molecule has 1 aromatic carbocycles. The Balaban J connectivity index is 2.21. The lowest BCUT2D eigenvalue weighted by atomic mass is 9.85. The van der Waals surface area contributed by atoms with Gasteiger partial charge in [0.05, 0.1) is 6.04 Å². The Labute approximate surface area is 184 Å². The number of carboxylic acid groups (broad SMARTS) is 1. The Morgan fingerprint density at radius 3 is 2.35 bits per heavy atom. The molecule has 2 rings (SSSR count). The number of hydrogen-bond donors (Lipinski definition) is 3. The van der Waals surface area contributed by atoms with Gasteiger partial charge >= 0.3 is 5.97 Å². The largest absolute Gasteiger partial charge is 0.478 e. The average molecular weight is 430 g/mol. The number of fused-ring (bicyclic) bond motifs is 1. The molecule has 0 unspecified atom stereocenters.